The predicted octanol–water partition coefficient (Wildman–Crippen LogP) is 3.34. The lowest BCUT2D eigenvalue weighted by Crippen LogP contribution is -2.20. The fourth-order valence-corrected chi connectivity index (χ4v) is 3.39. The number of ketones is 1. The van der Waals surface area contributed by atoms with Gasteiger partial charge in [0, 0.05) is 25.2 Å². The van der Waals surface area contributed by atoms with Crippen LogP contribution in [-0.4, -0.2) is 41.3 Å². The van der Waals surface area contributed by atoms with Crippen LogP contribution in [0, 0.1) is 11.8 Å². The lowest BCUT2D eigenvalue weighted by atomic mass is 9.89. The normalized spacial score (nSPS) is 26.0. The molecule has 0 aromatic rings. The quantitative estimate of drug-likeness (QED) is 0.239. The van der Waals surface area contributed by atoms with Crippen LogP contribution in [0.1, 0.15) is 64.7 Å². The fourth-order valence-electron chi connectivity index (χ4n) is 3.39. The number of esters is 1. The van der Waals surface area contributed by atoms with Gasteiger partial charge < -0.3 is 14.9 Å². The fraction of sp³-hybridized carbons (Fsp3) is 0.714. The molecule has 0 amide bonds. The highest BCUT2D eigenvalue weighted by molar-refractivity contribution is 5.89. The van der Waals surface area contributed by atoms with E-state index >= 15 is 0 Å². The maximum absolute atomic E-state index is 11.9. The molecule has 0 radical (unpaired) electrons. The number of ether oxygens (including phenoxy) is 1. The van der Waals surface area contributed by atoms with Crippen LogP contribution >= 0.6 is 0 Å². The molecule has 1 saturated carbocycles. The summed E-state index contributed by atoms with van der Waals surface area (Å²) in [4.78, 5) is 22.9. The number of hydrogen-bond donors (Lipinski definition) is 2. The number of methoxy groups -OCH3 is 1. The number of unbranched alkanes of at least 4 members (excludes halogenated alkanes) is 3. The number of carbonyl (C=O) groups excluding carboxylic acids is 2. The molecule has 0 spiro atoms. The highest BCUT2D eigenvalue weighted by Crippen LogP contribution is 2.36. The Morgan fingerprint density at radius 1 is 1.08 bits per heavy atom. The third kappa shape index (κ3) is 8.28. The van der Waals surface area contributed by atoms with Gasteiger partial charge in [-0.1, -0.05) is 38.0 Å². The van der Waals surface area contributed by atoms with E-state index in [1.165, 1.54) is 7.11 Å². The second-order valence-electron chi connectivity index (χ2n) is 7.07. The SMILES string of the molecule is CCCCCC(=O)/C=C/C1[C@H](O)C[C@H](O)[C@@H]1C/C=C\CCCC(=O)OC. The molecule has 1 unspecified atom stereocenters. The number of rotatable bonds is 12. The molecule has 0 heterocycles. The average Bonchev–Trinajstić information content (AvgIpc) is 2.89. The van der Waals surface area contributed by atoms with Crippen LogP contribution in [0.3, 0.4) is 0 Å². The molecule has 1 aliphatic rings. The minimum Gasteiger partial charge on any atom is -0.469 e. The van der Waals surface area contributed by atoms with E-state index in [9.17, 15) is 19.8 Å². The van der Waals surface area contributed by atoms with Crippen molar-refractivity contribution in [3.05, 3.63) is 24.3 Å². The first kappa shape index (κ1) is 22.6. The van der Waals surface area contributed by atoms with Crippen molar-refractivity contribution in [1.29, 1.82) is 0 Å². The van der Waals surface area contributed by atoms with Gasteiger partial charge in [0.05, 0.1) is 19.3 Å². The smallest absolute Gasteiger partial charge is 0.305 e. The molecule has 1 rings (SSSR count). The van der Waals surface area contributed by atoms with Gasteiger partial charge in [-0.05, 0) is 37.7 Å². The first-order chi connectivity index (χ1) is 12.5. The van der Waals surface area contributed by atoms with Crippen LogP contribution in [0.25, 0.3) is 0 Å². The highest BCUT2D eigenvalue weighted by atomic mass is 16.5. The molecule has 1 fully saturated rings. The second-order valence-corrected chi connectivity index (χ2v) is 7.07. The summed E-state index contributed by atoms with van der Waals surface area (Å²) in [5.41, 5.74) is 0. The van der Waals surface area contributed by atoms with E-state index in [4.69, 9.17) is 0 Å². The van der Waals surface area contributed by atoms with E-state index in [0.29, 0.717) is 25.7 Å². The third-order valence-corrected chi connectivity index (χ3v) is 5.00. The third-order valence-electron chi connectivity index (χ3n) is 5.00. The van der Waals surface area contributed by atoms with E-state index in [-0.39, 0.29) is 23.6 Å². The Balaban J connectivity index is 2.45. The van der Waals surface area contributed by atoms with Crippen LogP contribution in [-0.2, 0) is 14.3 Å². The molecule has 2 N–H and O–H groups in total. The van der Waals surface area contributed by atoms with Gasteiger partial charge in [0.25, 0.3) is 0 Å². The monoisotopic (exact) mass is 366 g/mol. The van der Waals surface area contributed by atoms with Crippen LogP contribution in [0.4, 0.5) is 0 Å². The summed E-state index contributed by atoms with van der Waals surface area (Å²) in [5, 5.41) is 20.4. The molecular weight excluding hydrogens is 332 g/mol. The molecule has 1 aliphatic carbocycles. The Kier molecular flexibility index (Phi) is 11.1. The Morgan fingerprint density at radius 3 is 2.54 bits per heavy atom. The molecular formula is C21H34O5. The van der Waals surface area contributed by atoms with Gasteiger partial charge in [0.2, 0.25) is 0 Å². The molecule has 26 heavy (non-hydrogen) atoms. The summed E-state index contributed by atoms with van der Waals surface area (Å²) < 4.78 is 4.60. The van der Waals surface area contributed by atoms with E-state index in [0.717, 1.165) is 32.1 Å². The molecule has 5 heteroatoms. The Labute approximate surface area is 157 Å². The molecule has 4 atom stereocenters. The van der Waals surface area contributed by atoms with Gasteiger partial charge in [-0.25, -0.2) is 0 Å². The van der Waals surface area contributed by atoms with E-state index in [2.05, 4.69) is 11.7 Å². The number of aliphatic hydroxyl groups is 2. The van der Waals surface area contributed by atoms with Crippen molar-refractivity contribution in [3.63, 3.8) is 0 Å². The van der Waals surface area contributed by atoms with E-state index in [1.807, 2.05) is 12.2 Å². The molecule has 0 saturated heterocycles. The van der Waals surface area contributed by atoms with Crippen LogP contribution in [0.15, 0.2) is 24.3 Å². The molecule has 5 nitrogen and oxygen atoms in total. The van der Waals surface area contributed by atoms with E-state index in [1.54, 1.807) is 12.2 Å². The van der Waals surface area contributed by atoms with Crippen LogP contribution in [0.2, 0.25) is 0 Å². The lowest BCUT2D eigenvalue weighted by molar-refractivity contribution is -0.140. The predicted molar refractivity (Wildman–Crippen MR) is 102 cm³/mol. The van der Waals surface area contributed by atoms with Crippen molar-refractivity contribution in [3.8, 4) is 0 Å². The van der Waals surface area contributed by atoms with Crippen molar-refractivity contribution < 1.29 is 24.5 Å². The van der Waals surface area contributed by atoms with Crippen molar-refractivity contribution in [2.45, 2.75) is 76.9 Å². The standard InChI is InChI=1S/C21H34O5/c1-3-4-7-10-16(22)13-14-18-17(19(23)15-20(18)24)11-8-5-6-9-12-21(25)26-2/h5,8,13-14,17-20,23-24H,3-4,6-7,9-12,15H2,1-2H3/b8-5-,14-13+/t17-,18?,19+,20-/m1/s1. The summed E-state index contributed by atoms with van der Waals surface area (Å²) in [6.45, 7) is 2.10. The van der Waals surface area contributed by atoms with Crippen molar-refractivity contribution in [2.24, 2.45) is 11.8 Å². The summed E-state index contributed by atoms with van der Waals surface area (Å²) in [6.07, 6.45) is 12.7. The van der Waals surface area contributed by atoms with Gasteiger partial charge in [-0.3, -0.25) is 9.59 Å². The minimum atomic E-state index is -0.609. The lowest BCUT2D eigenvalue weighted by Gasteiger charge is -2.19. The van der Waals surface area contributed by atoms with Gasteiger partial charge in [-0.15, -0.1) is 0 Å². The Bertz CT molecular complexity index is 483. The first-order valence-electron chi connectivity index (χ1n) is 9.78. The van der Waals surface area contributed by atoms with Gasteiger partial charge in [0.15, 0.2) is 5.78 Å². The summed E-state index contributed by atoms with van der Waals surface area (Å²) in [5.74, 6) is -0.396. The second kappa shape index (κ2) is 12.8. The summed E-state index contributed by atoms with van der Waals surface area (Å²) in [6, 6.07) is 0. The minimum absolute atomic E-state index is 0.0819. The zero-order valence-corrected chi connectivity index (χ0v) is 16.1. The Hall–Kier alpha value is -1.46. The van der Waals surface area contributed by atoms with E-state index < -0.39 is 12.2 Å². The number of aliphatic hydroxyl groups excluding tert-OH is 2. The molecule has 0 aromatic heterocycles. The molecule has 0 aromatic carbocycles. The van der Waals surface area contributed by atoms with Gasteiger partial charge >= 0.3 is 5.97 Å². The maximum Gasteiger partial charge on any atom is 0.305 e. The molecule has 0 bridgehead atoms. The molecule has 0 aliphatic heterocycles. The van der Waals surface area contributed by atoms with Gasteiger partial charge in [0.1, 0.15) is 0 Å². The highest BCUT2D eigenvalue weighted by Gasteiger charge is 2.39. The van der Waals surface area contributed by atoms with Crippen molar-refractivity contribution >= 4 is 11.8 Å². The van der Waals surface area contributed by atoms with Crippen LogP contribution < -0.4 is 0 Å². The van der Waals surface area contributed by atoms with Crippen molar-refractivity contribution in [2.75, 3.05) is 7.11 Å². The summed E-state index contributed by atoms with van der Waals surface area (Å²) >= 11 is 0. The number of hydrogen-bond acceptors (Lipinski definition) is 5. The number of carbonyl (C=O) groups is 2. The largest absolute Gasteiger partial charge is 0.469 e. The topological polar surface area (TPSA) is 83.8 Å². The Morgan fingerprint density at radius 2 is 1.85 bits per heavy atom. The first-order valence-corrected chi connectivity index (χ1v) is 9.78. The van der Waals surface area contributed by atoms with Crippen LogP contribution in [0.5, 0.6) is 0 Å². The van der Waals surface area contributed by atoms with Crippen molar-refractivity contribution in [1.82, 2.24) is 0 Å². The maximum atomic E-state index is 11.9. The molecule has 148 valence electrons. The van der Waals surface area contributed by atoms with Gasteiger partial charge in [-0.2, -0.15) is 0 Å². The zero-order valence-electron chi connectivity index (χ0n) is 16.1. The summed E-state index contributed by atoms with van der Waals surface area (Å²) in [7, 11) is 1.38. The number of allylic oxidation sites excluding steroid dienone is 3. The average molecular weight is 366 g/mol. The zero-order chi connectivity index (χ0) is 19.4.